The summed E-state index contributed by atoms with van der Waals surface area (Å²) in [6.45, 7) is 5.10. The molecule has 2 N–H and O–H groups in total. The molecule has 2 fully saturated rings. The number of nitrogens with one attached hydrogen (secondary N) is 1. The van der Waals surface area contributed by atoms with E-state index in [4.69, 9.17) is 9.72 Å². The van der Waals surface area contributed by atoms with Crippen molar-refractivity contribution < 1.29 is 14.6 Å². The molecule has 0 spiro atoms. The number of rotatable bonds is 5. The predicted octanol–water partition coefficient (Wildman–Crippen LogP) is 3.33. The number of aromatic nitrogens is 3. The Balaban J connectivity index is 1.37. The van der Waals surface area contributed by atoms with Crippen molar-refractivity contribution in [3.05, 3.63) is 42.7 Å². The van der Waals surface area contributed by atoms with Crippen molar-refractivity contribution in [2.75, 3.05) is 56.2 Å². The minimum absolute atomic E-state index is 0.236. The lowest BCUT2D eigenvalue weighted by Crippen LogP contribution is -2.41. The first-order valence-electron chi connectivity index (χ1n) is 11.4. The Morgan fingerprint density at radius 3 is 2.70 bits per heavy atom. The monoisotopic (exact) mass is 448 g/mol. The highest BCUT2D eigenvalue weighted by atomic mass is 16.5. The van der Waals surface area contributed by atoms with Crippen molar-refractivity contribution >= 4 is 28.6 Å². The molecule has 2 aliphatic heterocycles. The normalized spacial score (nSPS) is 19.0. The molecule has 3 aromatic rings. The summed E-state index contributed by atoms with van der Waals surface area (Å²) in [6.07, 6.45) is 4.37. The number of carboxylic acid groups (broad SMARTS) is 1. The molecule has 2 aliphatic rings. The molecule has 2 saturated heterocycles. The highest BCUT2D eigenvalue weighted by Gasteiger charge is 2.23. The van der Waals surface area contributed by atoms with Crippen LogP contribution in [0.4, 0.5) is 16.3 Å². The van der Waals surface area contributed by atoms with Gasteiger partial charge < -0.3 is 25.0 Å². The number of pyridine rings is 1. The first-order valence-corrected chi connectivity index (χ1v) is 11.4. The summed E-state index contributed by atoms with van der Waals surface area (Å²) in [5.41, 5.74) is 4.52. The third-order valence-corrected chi connectivity index (χ3v) is 6.34. The highest BCUT2D eigenvalue weighted by Crippen LogP contribution is 2.28. The van der Waals surface area contributed by atoms with E-state index in [9.17, 15) is 9.90 Å². The van der Waals surface area contributed by atoms with Crippen molar-refractivity contribution in [2.45, 2.75) is 12.8 Å². The maximum absolute atomic E-state index is 11.3. The van der Waals surface area contributed by atoms with E-state index in [1.165, 1.54) is 10.6 Å². The van der Waals surface area contributed by atoms with E-state index in [1.54, 1.807) is 12.4 Å². The van der Waals surface area contributed by atoms with E-state index < -0.39 is 6.09 Å². The maximum Gasteiger partial charge on any atom is 0.407 e. The first kappa shape index (κ1) is 21.4. The Bertz CT molecular complexity index is 1120. The van der Waals surface area contributed by atoms with Crippen LogP contribution in [0.15, 0.2) is 42.7 Å². The molecule has 0 saturated carbocycles. The number of hydrogen-bond acceptors (Lipinski definition) is 7. The SMILES string of the molecule is O=C(O)N1CCC[C@@H](CNc2nc(-c3ccc(N4CCOCC4)cc3)cc3nccnc23)C1. The molecule has 0 unspecified atom stereocenters. The molecule has 1 aromatic carbocycles. The number of amides is 1. The summed E-state index contributed by atoms with van der Waals surface area (Å²) in [6, 6.07) is 10.4. The van der Waals surface area contributed by atoms with Crippen LogP contribution in [0, 0.1) is 5.92 Å². The van der Waals surface area contributed by atoms with Gasteiger partial charge in [-0.3, -0.25) is 4.98 Å². The second-order valence-corrected chi connectivity index (χ2v) is 8.54. The molecule has 9 nitrogen and oxygen atoms in total. The van der Waals surface area contributed by atoms with E-state index >= 15 is 0 Å². The van der Waals surface area contributed by atoms with E-state index in [0.717, 1.165) is 61.4 Å². The number of piperidine rings is 1. The zero-order chi connectivity index (χ0) is 22.6. The molecule has 9 heteroatoms. The van der Waals surface area contributed by atoms with E-state index in [1.807, 2.05) is 6.07 Å². The number of morpholine rings is 1. The summed E-state index contributed by atoms with van der Waals surface area (Å²) in [4.78, 5) is 29.0. The number of benzene rings is 1. The van der Waals surface area contributed by atoms with Crippen LogP contribution in [0.3, 0.4) is 0 Å². The molecule has 4 heterocycles. The van der Waals surface area contributed by atoms with Crippen LogP contribution in [-0.4, -0.2) is 77.0 Å². The van der Waals surface area contributed by atoms with E-state index in [-0.39, 0.29) is 5.92 Å². The number of likely N-dealkylation sites (tertiary alicyclic amines) is 1. The van der Waals surface area contributed by atoms with Crippen molar-refractivity contribution in [1.82, 2.24) is 19.9 Å². The van der Waals surface area contributed by atoms with E-state index in [2.05, 4.69) is 44.5 Å². The standard InChI is InChI=1S/C24H28N6O3/c31-24(32)30-9-1-2-17(16-30)15-27-23-22-21(25-7-8-26-22)14-20(28-23)18-3-5-19(6-4-18)29-10-12-33-13-11-29/h3-8,14,17H,1-2,9-13,15-16H2,(H,27,28)(H,31,32)/t17-/m0/s1. The Labute approximate surface area is 192 Å². The van der Waals surface area contributed by atoms with Crippen LogP contribution >= 0.6 is 0 Å². The third kappa shape index (κ3) is 4.83. The van der Waals surface area contributed by atoms with Gasteiger partial charge in [0.1, 0.15) is 5.52 Å². The highest BCUT2D eigenvalue weighted by molar-refractivity contribution is 5.88. The van der Waals surface area contributed by atoms with E-state index in [0.29, 0.717) is 25.5 Å². The Morgan fingerprint density at radius 2 is 1.91 bits per heavy atom. The fourth-order valence-corrected chi connectivity index (χ4v) is 4.55. The van der Waals surface area contributed by atoms with Gasteiger partial charge in [0.05, 0.1) is 24.4 Å². The molecule has 0 bridgehead atoms. The van der Waals surface area contributed by atoms with Crippen molar-refractivity contribution in [2.24, 2.45) is 5.92 Å². The first-order chi connectivity index (χ1) is 16.2. The minimum atomic E-state index is -0.850. The average molecular weight is 449 g/mol. The number of nitrogens with zero attached hydrogens (tertiary/aromatic N) is 5. The molecule has 5 rings (SSSR count). The lowest BCUT2D eigenvalue weighted by Gasteiger charge is -2.30. The second-order valence-electron chi connectivity index (χ2n) is 8.54. The van der Waals surface area contributed by atoms with Gasteiger partial charge in [-0.1, -0.05) is 12.1 Å². The van der Waals surface area contributed by atoms with Crippen LogP contribution in [-0.2, 0) is 4.74 Å². The summed E-state index contributed by atoms with van der Waals surface area (Å²) >= 11 is 0. The van der Waals surface area contributed by atoms with Crippen LogP contribution in [0.1, 0.15) is 12.8 Å². The summed E-state index contributed by atoms with van der Waals surface area (Å²) < 4.78 is 5.45. The lowest BCUT2D eigenvalue weighted by atomic mass is 9.98. The van der Waals surface area contributed by atoms with Gasteiger partial charge in [0.15, 0.2) is 5.82 Å². The minimum Gasteiger partial charge on any atom is -0.465 e. The zero-order valence-corrected chi connectivity index (χ0v) is 18.5. The van der Waals surface area contributed by atoms with Gasteiger partial charge >= 0.3 is 6.09 Å². The number of carbonyl (C=O) groups is 1. The van der Waals surface area contributed by atoms with Gasteiger partial charge in [0, 0.05) is 56.4 Å². The quantitative estimate of drug-likeness (QED) is 0.613. The maximum atomic E-state index is 11.3. The Kier molecular flexibility index (Phi) is 6.21. The Hall–Kier alpha value is -3.46. The largest absolute Gasteiger partial charge is 0.465 e. The average Bonchev–Trinajstić information content (AvgIpc) is 2.88. The molecule has 0 aliphatic carbocycles. The van der Waals surface area contributed by atoms with Gasteiger partial charge in [0.2, 0.25) is 0 Å². The molecule has 1 amide bonds. The van der Waals surface area contributed by atoms with Crippen molar-refractivity contribution in [3.8, 4) is 11.3 Å². The molecule has 1 atom stereocenters. The molecule has 2 aromatic heterocycles. The van der Waals surface area contributed by atoms with Gasteiger partial charge in [-0.15, -0.1) is 0 Å². The molecule has 33 heavy (non-hydrogen) atoms. The number of ether oxygens (including phenoxy) is 1. The summed E-state index contributed by atoms with van der Waals surface area (Å²) in [5.74, 6) is 0.917. The predicted molar refractivity (Wildman–Crippen MR) is 127 cm³/mol. The molecule has 172 valence electrons. The molecular weight excluding hydrogens is 420 g/mol. The fraction of sp³-hybridized carbons (Fsp3) is 0.417. The van der Waals surface area contributed by atoms with Gasteiger partial charge in [-0.25, -0.2) is 14.8 Å². The summed E-state index contributed by atoms with van der Waals surface area (Å²) in [5, 5.41) is 12.7. The number of anilines is 2. The topological polar surface area (TPSA) is 104 Å². The third-order valence-electron chi connectivity index (χ3n) is 6.34. The van der Waals surface area contributed by atoms with Gasteiger partial charge in [0.25, 0.3) is 0 Å². The van der Waals surface area contributed by atoms with Gasteiger partial charge in [-0.2, -0.15) is 0 Å². The molecular formula is C24H28N6O3. The van der Waals surface area contributed by atoms with Gasteiger partial charge in [-0.05, 0) is 37.0 Å². The van der Waals surface area contributed by atoms with Crippen LogP contribution < -0.4 is 10.2 Å². The number of hydrogen-bond donors (Lipinski definition) is 2. The van der Waals surface area contributed by atoms with Crippen molar-refractivity contribution in [1.29, 1.82) is 0 Å². The smallest absolute Gasteiger partial charge is 0.407 e. The summed E-state index contributed by atoms with van der Waals surface area (Å²) in [7, 11) is 0. The van der Waals surface area contributed by atoms with Crippen molar-refractivity contribution in [3.63, 3.8) is 0 Å². The van der Waals surface area contributed by atoms with Crippen LogP contribution in [0.25, 0.3) is 22.3 Å². The zero-order valence-electron chi connectivity index (χ0n) is 18.5. The number of fused-ring (bicyclic) bond motifs is 1. The fourth-order valence-electron chi connectivity index (χ4n) is 4.55. The van der Waals surface area contributed by atoms with Crippen LogP contribution in [0.5, 0.6) is 0 Å². The van der Waals surface area contributed by atoms with Crippen LogP contribution in [0.2, 0.25) is 0 Å². The lowest BCUT2D eigenvalue weighted by molar-refractivity contribution is 0.122. The molecule has 0 radical (unpaired) electrons. The second kappa shape index (κ2) is 9.58. The Morgan fingerprint density at radius 1 is 1.12 bits per heavy atom.